The van der Waals surface area contributed by atoms with Crippen molar-refractivity contribution in [1.29, 1.82) is 0 Å². The molecule has 0 saturated heterocycles. The van der Waals surface area contributed by atoms with Crippen molar-refractivity contribution in [2.24, 2.45) is 0 Å². The predicted molar refractivity (Wildman–Crippen MR) is 100 cm³/mol. The van der Waals surface area contributed by atoms with Gasteiger partial charge in [-0.3, -0.25) is 4.79 Å². The van der Waals surface area contributed by atoms with Crippen LogP contribution in [0.1, 0.15) is 24.8 Å². The molecule has 0 aliphatic carbocycles. The second kappa shape index (κ2) is 8.62. The summed E-state index contributed by atoms with van der Waals surface area (Å²) in [6.45, 7) is 3.14. The van der Waals surface area contributed by atoms with Crippen molar-refractivity contribution in [3.63, 3.8) is 0 Å². The number of aromatic nitrogens is 2. The van der Waals surface area contributed by atoms with E-state index >= 15 is 0 Å². The van der Waals surface area contributed by atoms with E-state index in [1.807, 2.05) is 48.0 Å². The smallest absolute Gasteiger partial charge is 0.248 e. The summed E-state index contributed by atoms with van der Waals surface area (Å²) in [5.74, 6) is 1.85. The molecule has 0 spiro atoms. The molecule has 0 radical (unpaired) electrons. The molecular weight excluding hydrogens is 350 g/mol. The van der Waals surface area contributed by atoms with Crippen molar-refractivity contribution in [3.05, 3.63) is 52.5 Å². The Morgan fingerprint density at radius 3 is 2.73 bits per heavy atom. The van der Waals surface area contributed by atoms with Crippen LogP contribution >= 0.6 is 11.3 Å². The Bertz CT molecular complexity index is 828. The van der Waals surface area contributed by atoms with Crippen LogP contribution in [0.4, 0.5) is 0 Å². The highest BCUT2D eigenvalue weighted by Gasteiger charge is 2.13. The number of thiophene rings is 1. The minimum Gasteiger partial charge on any atom is -0.494 e. The van der Waals surface area contributed by atoms with Crippen LogP contribution in [0.2, 0.25) is 0 Å². The molecule has 0 N–H and O–H groups in total. The van der Waals surface area contributed by atoms with Gasteiger partial charge in [-0.15, -0.1) is 10.2 Å². The van der Waals surface area contributed by atoms with Gasteiger partial charge in [-0.05, 0) is 36.1 Å². The van der Waals surface area contributed by atoms with Crippen molar-refractivity contribution >= 4 is 17.2 Å². The highest BCUT2D eigenvalue weighted by molar-refractivity contribution is 7.08. The summed E-state index contributed by atoms with van der Waals surface area (Å²) in [4.78, 5) is 14.0. The van der Waals surface area contributed by atoms with Crippen LogP contribution in [0.25, 0.3) is 11.5 Å². The van der Waals surface area contributed by atoms with Crippen LogP contribution in [-0.2, 0) is 17.8 Å². The van der Waals surface area contributed by atoms with E-state index in [2.05, 4.69) is 10.2 Å². The van der Waals surface area contributed by atoms with E-state index in [9.17, 15) is 4.79 Å². The zero-order chi connectivity index (χ0) is 18.4. The molecule has 2 heterocycles. The van der Waals surface area contributed by atoms with Gasteiger partial charge in [0.2, 0.25) is 17.7 Å². The number of carbonyl (C=O) groups excluding carboxylic acids is 1. The molecule has 0 aliphatic rings. The molecule has 0 fully saturated rings. The van der Waals surface area contributed by atoms with Gasteiger partial charge in [0.05, 0.1) is 6.61 Å². The van der Waals surface area contributed by atoms with Gasteiger partial charge in [-0.25, -0.2) is 0 Å². The van der Waals surface area contributed by atoms with Gasteiger partial charge in [-0.1, -0.05) is 12.1 Å². The van der Waals surface area contributed by atoms with Gasteiger partial charge >= 0.3 is 0 Å². The van der Waals surface area contributed by atoms with Crippen LogP contribution in [0.15, 0.2) is 45.5 Å². The first kappa shape index (κ1) is 18.1. The lowest BCUT2D eigenvalue weighted by Gasteiger charge is -2.17. The first-order valence-electron chi connectivity index (χ1n) is 8.46. The van der Waals surface area contributed by atoms with Gasteiger partial charge < -0.3 is 14.1 Å². The highest BCUT2D eigenvalue weighted by atomic mass is 32.1. The van der Waals surface area contributed by atoms with Gasteiger partial charge in [-0.2, -0.15) is 11.3 Å². The monoisotopic (exact) mass is 371 g/mol. The van der Waals surface area contributed by atoms with Crippen LogP contribution in [0.3, 0.4) is 0 Å². The molecule has 6 nitrogen and oxygen atoms in total. The maximum absolute atomic E-state index is 12.3. The molecule has 136 valence electrons. The SMILES string of the molecule is CCOc1ccc(CN(C)C(=O)CCc2nnc(-c3ccsc3)o2)cc1. The minimum absolute atomic E-state index is 0.0363. The highest BCUT2D eigenvalue weighted by Crippen LogP contribution is 2.21. The fraction of sp³-hybridized carbons (Fsp3) is 0.316. The van der Waals surface area contributed by atoms with Gasteiger partial charge in [0.25, 0.3) is 0 Å². The molecule has 0 saturated carbocycles. The van der Waals surface area contributed by atoms with Crippen molar-refractivity contribution in [1.82, 2.24) is 15.1 Å². The van der Waals surface area contributed by atoms with Crippen molar-refractivity contribution < 1.29 is 13.9 Å². The van der Waals surface area contributed by atoms with E-state index < -0.39 is 0 Å². The van der Waals surface area contributed by atoms with Gasteiger partial charge in [0.15, 0.2) is 0 Å². The molecule has 0 bridgehead atoms. The summed E-state index contributed by atoms with van der Waals surface area (Å²) >= 11 is 1.57. The van der Waals surface area contributed by atoms with Crippen LogP contribution < -0.4 is 4.74 Å². The molecular formula is C19H21N3O3S. The Balaban J connectivity index is 1.49. The lowest BCUT2D eigenvalue weighted by atomic mass is 10.2. The summed E-state index contributed by atoms with van der Waals surface area (Å²) in [7, 11) is 1.80. The Hall–Kier alpha value is -2.67. The maximum atomic E-state index is 12.3. The number of benzene rings is 1. The fourth-order valence-corrected chi connectivity index (χ4v) is 3.11. The average molecular weight is 371 g/mol. The van der Waals surface area contributed by atoms with Gasteiger partial charge in [0.1, 0.15) is 5.75 Å². The zero-order valence-electron chi connectivity index (χ0n) is 14.8. The van der Waals surface area contributed by atoms with Crippen molar-refractivity contribution in [3.8, 4) is 17.2 Å². The summed E-state index contributed by atoms with van der Waals surface area (Å²) < 4.78 is 11.0. The normalized spacial score (nSPS) is 10.7. The standard InChI is InChI=1S/C19H21N3O3S/c1-3-24-16-6-4-14(5-7-16)12-22(2)18(23)9-8-17-20-21-19(25-17)15-10-11-26-13-15/h4-7,10-11,13H,3,8-9,12H2,1-2H3. The Labute approximate surface area is 156 Å². The zero-order valence-corrected chi connectivity index (χ0v) is 15.7. The number of carbonyl (C=O) groups is 1. The number of hydrogen-bond acceptors (Lipinski definition) is 6. The fourth-order valence-electron chi connectivity index (χ4n) is 2.48. The van der Waals surface area contributed by atoms with Crippen LogP contribution in [0.5, 0.6) is 5.75 Å². The quantitative estimate of drug-likeness (QED) is 0.603. The second-order valence-electron chi connectivity index (χ2n) is 5.84. The first-order chi connectivity index (χ1) is 12.7. The average Bonchev–Trinajstić information content (AvgIpc) is 3.33. The first-order valence-corrected chi connectivity index (χ1v) is 9.40. The third-order valence-corrected chi connectivity index (χ3v) is 4.55. The Morgan fingerprint density at radius 2 is 2.04 bits per heavy atom. The molecule has 3 rings (SSSR count). The topological polar surface area (TPSA) is 68.5 Å². The number of aryl methyl sites for hydroxylation is 1. The van der Waals surface area contributed by atoms with E-state index in [0.717, 1.165) is 16.9 Å². The number of amides is 1. The lowest BCUT2D eigenvalue weighted by molar-refractivity contribution is -0.130. The largest absolute Gasteiger partial charge is 0.494 e. The van der Waals surface area contributed by atoms with Crippen LogP contribution in [0, 0.1) is 0 Å². The Morgan fingerprint density at radius 1 is 1.23 bits per heavy atom. The lowest BCUT2D eigenvalue weighted by Crippen LogP contribution is -2.26. The van der Waals surface area contributed by atoms with E-state index in [1.54, 1.807) is 23.3 Å². The number of rotatable bonds is 8. The molecule has 1 aromatic carbocycles. The van der Waals surface area contributed by atoms with E-state index in [1.165, 1.54) is 0 Å². The third kappa shape index (κ3) is 4.70. The van der Waals surface area contributed by atoms with Crippen molar-refractivity contribution in [2.75, 3.05) is 13.7 Å². The minimum atomic E-state index is 0.0363. The summed E-state index contributed by atoms with van der Waals surface area (Å²) in [6, 6.07) is 9.71. The van der Waals surface area contributed by atoms with Gasteiger partial charge in [0, 0.05) is 37.4 Å². The molecule has 7 heteroatoms. The number of nitrogens with zero attached hydrogens (tertiary/aromatic N) is 3. The molecule has 2 aromatic heterocycles. The predicted octanol–water partition coefficient (Wildman–Crippen LogP) is 3.79. The summed E-state index contributed by atoms with van der Waals surface area (Å²) in [5, 5.41) is 12.0. The molecule has 0 aliphatic heterocycles. The molecule has 0 unspecified atom stereocenters. The van der Waals surface area contributed by atoms with E-state index in [0.29, 0.717) is 37.8 Å². The summed E-state index contributed by atoms with van der Waals surface area (Å²) in [6.07, 6.45) is 0.766. The van der Waals surface area contributed by atoms with E-state index in [4.69, 9.17) is 9.15 Å². The maximum Gasteiger partial charge on any atom is 0.248 e. The second-order valence-corrected chi connectivity index (χ2v) is 6.62. The molecule has 0 atom stereocenters. The summed E-state index contributed by atoms with van der Waals surface area (Å²) in [5.41, 5.74) is 1.97. The third-order valence-electron chi connectivity index (χ3n) is 3.87. The Kier molecular flexibility index (Phi) is 6.01. The van der Waals surface area contributed by atoms with E-state index in [-0.39, 0.29) is 5.91 Å². The molecule has 3 aromatic rings. The molecule has 26 heavy (non-hydrogen) atoms. The van der Waals surface area contributed by atoms with Crippen LogP contribution in [-0.4, -0.2) is 34.7 Å². The number of ether oxygens (including phenoxy) is 1. The van der Waals surface area contributed by atoms with Crippen molar-refractivity contribution in [2.45, 2.75) is 26.3 Å². The molecule has 1 amide bonds. The number of hydrogen-bond donors (Lipinski definition) is 0.